The minimum Gasteiger partial charge on any atom is -0.394 e. The molecule has 0 radical (unpaired) electrons. The van der Waals surface area contributed by atoms with E-state index < -0.39 is 11.7 Å². The summed E-state index contributed by atoms with van der Waals surface area (Å²) in [5.41, 5.74) is 1.79. The van der Waals surface area contributed by atoms with Gasteiger partial charge in [-0.05, 0) is 28.1 Å². The summed E-state index contributed by atoms with van der Waals surface area (Å²) >= 11 is 3.44. The molecule has 106 valence electrons. The van der Waals surface area contributed by atoms with E-state index in [0.29, 0.717) is 30.9 Å². The Bertz CT molecular complexity index is 590. The molecule has 1 fully saturated rings. The predicted octanol–water partition coefficient (Wildman–Crippen LogP) is 0.781. The Hall–Kier alpha value is -1.44. The number of carbonyl (C=O) groups is 2. The van der Waals surface area contributed by atoms with Gasteiger partial charge in [0.25, 0.3) is 11.7 Å². The van der Waals surface area contributed by atoms with E-state index >= 15 is 0 Å². The number of rotatable bonds is 2. The predicted molar refractivity (Wildman–Crippen MR) is 76.1 cm³/mol. The number of ketones is 1. The van der Waals surface area contributed by atoms with Gasteiger partial charge in [0.05, 0.1) is 36.3 Å². The number of morpholine rings is 1. The third kappa shape index (κ3) is 2.21. The second kappa shape index (κ2) is 5.16. The maximum Gasteiger partial charge on any atom is 0.296 e. The largest absolute Gasteiger partial charge is 0.394 e. The Morgan fingerprint density at radius 3 is 3.00 bits per heavy atom. The molecule has 0 aromatic heterocycles. The van der Waals surface area contributed by atoms with E-state index in [4.69, 9.17) is 4.74 Å². The van der Waals surface area contributed by atoms with E-state index in [1.54, 1.807) is 12.1 Å². The van der Waals surface area contributed by atoms with Crippen molar-refractivity contribution >= 4 is 39.0 Å². The van der Waals surface area contributed by atoms with Crippen LogP contribution in [0.15, 0.2) is 16.6 Å². The van der Waals surface area contributed by atoms with E-state index in [1.165, 1.54) is 0 Å². The molecule has 2 heterocycles. The van der Waals surface area contributed by atoms with Crippen molar-refractivity contribution in [3.05, 3.63) is 22.2 Å². The first-order chi connectivity index (χ1) is 9.60. The number of amides is 1. The minimum absolute atomic E-state index is 0.0335. The minimum atomic E-state index is -0.598. The van der Waals surface area contributed by atoms with Crippen molar-refractivity contribution in [3.8, 4) is 0 Å². The van der Waals surface area contributed by atoms with E-state index in [0.717, 1.165) is 10.2 Å². The number of nitrogens with zero attached hydrogens (tertiary/aromatic N) is 1. The summed E-state index contributed by atoms with van der Waals surface area (Å²) in [5.74, 6) is -1.11. The van der Waals surface area contributed by atoms with Gasteiger partial charge in [0.15, 0.2) is 0 Å². The molecule has 1 unspecified atom stereocenters. The highest BCUT2D eigenvalue weighted by atomic mass is 79.9. The van der Waals surface area contributed by atoms with Crippen LogP contribution in [0.2, 0.25) is 0 Å². The molecule has 6 nitrogen and oxygen atoms in total. The maximum atomic E-state index is 11.6. The molecule has 1 amide bonds. The monoisotopic (exact) mass is 340 g/mol. The zero-order valence-electron chi connectivity index (χ0n) is 10.6. The Morgan fingerprint density at radius 2 is 2.25 bits per heavy atom. The quantitative estimate of drug-likeness (QED) is 0.778. The zero-order valence-corrected chi connectivity index (χ0v) is 12.1. The molecule has 0 spiro atoms. The van der Waals surface area contributed by atoms with E-state index in [2.05, 4.69) is 26.1 Å². The van der Waals surface area contributed by atoms with E-state index in [1.807, 2.05) is 0 Å². The number of aliphatic hydroxyl groups is 1. The lowest BCUT2D eigenvalue weighted by Crippen LogP contribution is -2.44. The second-order valence-corrected chi connectivity index (χ2v) is 5.61. The number of carbonyl (C=O) groups excluding carboxylic acids is 2. The lowest BCUT2D eigenvalue weighted by molar-refractivity contribution is -0.112. The van der Waals surface area contributed by atoms with Gasteiger partial charge >= 0.3 is 0 Å². The lowest BCUT2D eigenvalue weighted by Gasteiger charge is -2.34. The Kier molecular flexibility index (Phi) is 3.49. The molecule has 2 aliphatic heterocycles. The number of hydrogen-bond donors (Lipinski definition) is 2. The van der Waals surface area contributed by atoms with Crippen LogP contribution < -0.4 is 10.2 Å². The number of ether oxygens (including phenoxy) is 1. The van der Waals surface area contributed by atoms with Crippen LogP contribution in [0.25, 0.3) is 0 Å². The first-order valence-electron chi connectivity index (χ1n) is 6.27. The number of anilines is 2. The molecule has 3 rings (SSSR count). The lowest BCUT2D eigenvalue weighted by atomic mass is 10.1. The molecule has 2 N–H and O–H groups in total. The smallest absolute Gasteiger partial charge is 0.296 e. The van der Waals surface area contributed by atoms with Crippen LogP contribution in [0.3, 0.4) is 0 Å². The number of fused-ring (bicyclic) bond motifs is 1. The number of Topliss-reactive ketones (excluding diaryl/α,β-unsaturated/α-hetero) is 1. The zero-order chi connectivity index (χ0) is 14.3. The fourth-order valence-corrected chi connectivity index (χ4v) is 3.04. The summed E-state index contributed by atoms with van der Waals surface area (Å²) in [6, 6.07) is 3.44. The molecule has 2 aliphatic rings. The van der Waals surface area contributed by atoms with Crippen molar-refractivity contribution in [2.24, 2.45) is 0 Å². The van der Waals surface area contributed by atoms with Gasteiger partial charge in [0.1, 0.15) is 0 Å². The highest BCUT2D eigenvalue weighted by Gasteiger charge is 2.30. The van der Waals surface area contributed by atoms with Gasteiger partial charge in [-0.15, -0.1) is 0 Å². The first kappa shape index (κ1) is 13.5. The van der Waals surface area contributed by atoms with Crippen LogP contribution in [0, 0.1) is 0 Å². The number of benzene rings is 1. The molecule has 0 saturated carbocycles. The molecule has 1 saturated heterocycles. The Balaban J connectivity index is 1.93. The molecule has 1 atom stereocenters. The van der Waals surface area contributed by atoms with Gasteiger partial charge in [-0.25, -0.2) is 0 Å². The van der Waals surface area contributed by atoms with Gasteiger partial charge < -0.3 is 20.1 Å². The molecule has 0 aliphatic carbocycles. The molecule has 1 aromatic carbocycles. The van der Waals surface area contributed by atoms with Crippen LogP contribution in [-0.4, -0.2) is 49.2 Å². The second-order valence-electron chi connectivity index (χ2n) is 4.75. The van der Waals surface area contributed by atoms with Crippen LogP contribution >= 0.6 is 15.9 Å². The third-order valence-corrected chi connectivity index (χ3v) is 4.10. The van der Waals surface area contributed by atoms with Gasteiger partial charge in [-0.3, -0.25) is 9.59 Å². The summed E-state index contributed by atoms with van der Waals surface area (Å²) in [5, 5.41) is 11.7. The molecule has 7 heteroatoms. The summed E-state index contributed by atoms with van der Waals surface area (Å²) in [6.07, 6.45) is -0.222. The average molecular weight is 341 g/mol. The average Bonchev–Trinajstić information content (AvgIpc) is 2.73. The molecule has 20 heavy (non-hydrogen) atoms. The van der Waals surface area contributed by atoms with Crippen molar-refractivity contribution in [1.29, 1.82) is 0 Å². The summed E-state index contributed by atoms with van der Waals surface area (Å²) in [6.45, 7) is 1.75. The van der Waals surface area contributed by atoms with Gasteiger partial charge in [0.2, 0.25) is 0 Å². The highest BCUT2D eigenvalue weighted by Crippen LogP contribution is 2.35. The van der Waals surface area contributed by atoms with Crippen molar-refractivity contribution < 1.29 is 19.4 Å². The maximum absolute atomic E-state index is 11.6. The Morgan fingerprint density at radius 1 is 1.45 bits per heavy atom. The van der Waals surface area contributed by atoms with Crippen molar-refractivity contribution in [2.45, 2.75) is 6.10 Å². The van der Waals surface area contributed by atoms with Crippen molar-refractivity contribution in [3.63, 3.8) is 0 Å². The summed E-state index contributed by atoms with van der Waals surface area (Å²) in [7, 11) is 0. The van der Waals surface area contributed by atoms with Crippen LogP contribution in [0.5, 0.6) is 0 Å². The van der Waals surface area contributed by atoms with Crippen molar-refractivity contribution in [1.82, 2.24) is 0 Å². The van der Waals surface area contributed by atoms with Crippen LogP contribution in [0.1, 0.15) is 10.4 Å². The van der Waals surface area contributed by atoms with Crippen LogP contribution in [0.4, 0.5) is 11.4 Å². The van der Waals surface area contributed by atoms with Gasteiger partial charge in [-0.1, -0.05) is 0 Å². The summed E-state index contributed by atoms with van der Waals surface area (Å²) < 4.78 is 6.16. The number of halogens is 1. The molecular weight excluding hydrogens is 328 g/mol. The SMILES string of the molecule is O=C1Nc2cc(N3CCOC(CO)C3)c(Br)cc2C1=O. The Labute approximate surface area is 123 Å². The highest BCUT2D eigenvalue weighted by molar-refractivity contribution is 9.10. The van der Waals surface area contributed by atoms with Crippen molar-refractivity contribution in [2.75, 3.05) is 36.5 Å². The van der Waals surface area contributed by atoms with Crippen LogP contribution in [-0.2, 0) is 9.53 Å². The topological polar surface area (TPSA) is 78.9 Å². The number of nitrogens with one attached hydrogen (secondary N) is 1. The van der Waals surface area contributed by atoms with E-state index in [-0.39, 0.29) is 12.7 Å². The standard InChI is InChI=1S/C13H13BrN2O4/c14-9-3-8-10(15-13(19)12(8)18)4-11(9)16-1-2-20-7(5-16)6-17/h3-4,7,17H,1-2,5-6H2,(H,15,18,19). The van der Waals surface area contributed by atoms with Gasteiger partial charge in [-0.2, -0.15) is 0 Å². The molecule has 0 bridgehead atoms. The first-order valence-corrected chi connectivity index (χ1v) is 7.06. The fraction of sp³-hybridized carbons (Fsp3) is 0.385. The normalized spacial score (nSPS) is 21.9. The molecular formula is C13H13BrN2O4. The number of hydrogen-bond acceptors (Lipinski definition) is 5. The number of aliphatic hydroxyl groups excluding tert-OH is 1. The summed E-state index contributed by atoms with van der Waals surface area (Å²) in [4.78, 5) is 25.1. The third-order valence-electron chi connectivity index (χ3n) is 3.47. The molecule has 1 aromatic rings. The fourth-order valence-electron chi connectivity index (χ4n) is 2.45. The van der Waals surface area contributed by atoms with Gasteiger partial charge in [0, 0.05) is 17.6 Å². The van der Waals surface area contributed by atoms with E-state index in [9.17, 15) is 14.7 Å².